The fourth-order valence-electron chi connectivity index (χ4n) is 3.67. The molecule has 0 radical (unpaired) electrons. The molecule has 7 nitrogen and oxygen atoms in total. The molecule has 1 aliphatic heterocycles. The predicted molar refractivity (Wildman–Crippen MR) is 120 cm³/mol. The van der Waals surface area contributed by atoms with Crippen molar-refractivity contribution < 1.29 is 23.5 Å². The van der Waals surface area contributed by atoms with Gasteiger partial charge >= 0.3 is 0 Å². The van der Waals surface area contributed by atoms with Crippen molar-refractivity contribution in [3.63, 3.8) is 0 Å². The maximum absolute atomic E-state index is 13.3. The Kier molecular flexibility index (Phi) is 6.35. The van der Waals surface area contributed by atoms with E-state index in [-0.39, 0.29) is 23.3 Å². The third kappa shape index (κ3) is 5.17. The van der Waals surface area contributed by atoms with Crippen molar-refractivity contribution >= 4 is 11.8 Å². The van der Waals surface area contributed by atoms with Gasteiger partial charge in [-0.3, -0.25) is 9.59 Å². The summed E-state index contributed by atoms with van der Waals surface area (Å²) in [5.41, 5.74) is 6.54. The number of halogens is 1. The first-order chi connectivity index (χ1) is 15.9. The van der Waals surface area contributed by atoms with E-state index in [0.717, 1.165) is 12.0 Å². The van der Waals surface area contributed by atoms with Crippen LogP contribution in [0.3, 0.4) is 0 Å². The minimum atomic E-state index is -0.664. The SMILES string of the molecule is C=CC(=O)N1CCC(c2cnc(Oc3ccc(Oc4cccc(F)c4)cc3)c(C(N)=O)c2)C1. The number of hydrogen-bond donors (Lipinski definition) is 1. The number of amides is 2. The molecule has 0 spiro atoms. The zero-order chi connectivity index (χ0) is 23.4. The minimum Gasteiger partial charge on any atom is -0.457 e. The van der Waals surface area contributed by atoms with E-state index in [9.17, 15) is 14.0 Å². The van der Waals surface area contributed by atoms with Gasteiger partial charge in [0.15, 0.2) is 0 Å². The summed E-state index contributed by atoms with van der Waals surface area (Å²) >= 11 is 0. The first-order valence-electron chi connectivity index (χ1n) is 10.4. The predicted octanol–water partition coefficient (Wildman–Crippen LogP) is 4.41. The summed E-state index contributed by atoms with van der Waals surface area (Å²) in [5, 5.41) is 0. The first-order valence-corrected chi connectivity index (χ1v) is 10.4. The molecule has 4 rings (SSSR count). The normalized spacial score (nSPS) is 15.2. The van der Waals surface area contributed by atoms with Gasteiger partial charge in [-0.25, -0.2) is 9.37 Å². The molecule has 2 amide bonds. The van der Waals surface area contributed by atoms with E-state index in [2.05, 4.69) is 11.6 Å². The van der Waals surface area contributed by atoms with Crippen molar-refractivity contribution in [2.24, 2.45) is 5.73 Å². The van der Waals surface area contributed by atoms with Gasteiger partial charge in [-0.1, -0.05) is 12.6 Å². The van der Waals surface area contributed by atoms with Gasteiger partial charge in [0.25, 0.3) is 5.91 Å². The van der Waals surface area contributed by atoms with Gasteiger partial charge in [0.1, 0.15) is 28.6 Å². The van der Waals surface area contributed by atoms with Crippen LogP contribution >= 0.6 is 0 Å². The molecule has 1 unspecified atom stereocenters. The van der Waals surface area contributed by atoms with Crippen LogP contribution in [0.25, 0.3) is 0 Å². The van der Waals surface area contributed by atoms with Crippen LogP contribution in [0.4, 0.5) is 4.39 Å². The lowest BCUT2D eigenvalue weighted by atomic mass is 9.98. The summed E-state index contributed by atoms with van der Waals surface area (Å²) in [7, 11) is 0. The number of likely N-dealkylation sites (tertiary alicyclic amines) is 1. The molecule has 168 valence electrons. The second-order valence-electron chi connectivity index (χ2n) is 7.59. The number of ether oxygens (including phenoxy) is 2. The quantitative estimate of drug-likeness (QED) is 0.542. The first kappa shape index (κ1) is 22.0. The van der Waals surface area contributed by atoms with Gasteiger partial charge in [-0.05, 0) is 60.5 Å². The van der Waals surface area contributed by atoms with Gasteiger partial charge in [-0.15, -0.1) is 0 Å². The highest BCUT2D eigenvalue weighted by Crippen LogP contribution is 2.32. The number of benzene rings is 2. The van der Waals surface area contributed by atoms with E-state index >= 15 is 0 Å². The lowest BCUT2D eigenvalue weighted by Gasteiger charge is -2.15. The lowest BCUT2D eigenvalue weighted by Crippen LogP contribution is -2.26. The summed E-state index contributed by atoms with van der Waals surface area (Å²) in [4.78, 5) is 29.9. The Morgan fingerprint density at radius 1 is 1.09 bits per heavy atom. The number of nitrogens with two attached hydrogens (primary N) is 1. The summed E-state index contributed by atoms with van der Waals surface area (Å²) in [6, 6.07) is 14.1. The molecular formula is C25H22FN3O4. The molecule has 0 saturated carbocycles. The lowest BCUT2D eigenvalue weighted by molar-refractivity contribution is -0.125. The molecule has 2 aromatic carbocycles. The number of nitrogens with zero attached hydrogens (tertiary/aromatic N) is 2. The van der Waals surface area contributed by atoms with Gasteiger partial charge in [-0.2, -0.15) is 0 Å². The summed E-state index contributed by atoms with van der Waals surface area (Å²) in [6.45, 7) is 4.66. The second-order valence-corrected chi connectivity index (χ2v) is 7.59. The average Bonchev–Trinajstić information content (AvgIpc) is 3.30. The number of pyridine rings is 1. The minimum absolute atomic E-state index is 0.0489. The molecule has 1 fully saturated rings. The Hall–Kier alpha value is -4.20. The van der Waals surface area contributed by atoms with Crippen LogP contribution in [0.2, 0.25) is 0 Å². The third-order valence-electron chi connectivity index (χ3n) is 5.35. The van der Waals surface area contributed by atoms with Crippen LogP contribution in [-0.4, -0.2) is 34.8 Å². The van der Waals surface area contributed by atoms with Crippen LogP contribution < -0.4 is 15.2 Å². The maximum atomic E-state index is 13.3. The molecule has 1 aliphatic rings. The average molecular weight is 447 g/mol. The van der Waals surface area contributed by atoms with Crippen LogP contribution in [0.1, 0.15) is 28.3 Å². The van der Waals surface area contributed by atoms with Crippen molar-refractivity contribution in [3.8, 4) is 23.1 Å². The molecule has 2 N–H and O–H groups in total. The van der Waals surface area contributed by atoms with Gasteiger partial charge < -0.3 is 20.1 Å². The molecule has 1 atom stereocenters. The Balaban J connectivity index is 1.48. The summed E-state index contributed by atoms with van der Waals surface area (Å²) in [6.07, 6.45) is 3.68. The summed E-state index contributed by atoms with van der Waals surface area (Å²) < 4.78 is 24.7. The van der Waals surface area contributed by atoms with Crippen molar-refractivity contribution in [2.45, 2.75) is 12.3 Å². The number of carbonyl (C=O) groups is 2. The van der Waals surface area contributed by atoms with Crippen LogP contribution in [0.15, 0.2) is 73.4 Å². The smallest absolute Gasteiger partial charge is 0.254 e. The molecule has 1 aromatic heterocycles. The zero-order valence-corrected chi connectivity index (χ0v) is 17.7. The fraction of sp³-hybridized carbons (Fsp3) is 0.160. The van der Waals surface area contributed by atoms with E-state index < -0.39 is 11.7 Å². The van der Waals surface area contributed by atoms with Crippen LogP contribution in [0.5, 0.6) is 23.1 Å². The zero-order valence-electron chi connectivity index (χ0n) is 17.7. The number of rotatable bonds is 7. The Morgan fingerprint density at radius 2 is 1.82 bits per heavy atom. The fourth-order valence-corrected chi connectivity index (χ4v) is 3.67. The van der Waals surface area contributed by atoms with E-state index in [4.69, 9.17) is 15.2 Å². The van der Waals surface area contributed by atoms with Crippen LogP contribution in [-0.2, 0) is 4.79 Å². The van der Waals surface area contributed by atoms with Gasteiger partial charge in [0.2, 0.25) is 11.8 Å². The largest absolute Gasteiger partial charge is 0.457 e. The van der Waals surface area contributed by atoms with E-state index in [1.54, 1.807) is 53.6 Å². The van der Waals surface area contributed by atoms with Crippen molar-refractivity contribution in [3.05, 3.63) is 90.4 Å². The van der Waals surface area contributed by atoms with Crippen molar-refractivity contribution in [1.29, 1.82) is 0 Å². The Labute approximate surface area is 190 Å². The highest BCUT2D eigenvalue weighted by atomic mass is 19.1. The molecule has 0 bridgehead atoms. The maximum Gasteiger partial charge on any atom is 0.254 e. The molecular weight excluding hydrogens is 425 g/mol. The number of carbonyl (C=O) groups excluding carboxylic acids is 2. The van der Waals surface area contributed by atoms with E-state index in [0.29, 0.717) is 30.3 Å². The second kappa shape index (κ2) is 9.52. The molecule has 1 saturated heterocycles. The van der Waals surface area contributed by atoms with E-state index in [1.807, 2.05) is 0 Å². The number of primary amides is 1. The molecule has 2 heterocycles. The van der Waals surface area contributed by atoms with Crippen molar-refractivity contribution in [2.75, 3.05) is 13.1 Å². The Bertz CT molecular complexity index is 1200. The number of hydrogen-bond acceptors (Lipinski definition) is 5. The molecule has 33 heavy (non-hydrogen) atoms. The topological polar surface area (TPSA) is 94.8 Å². The molecule has 8 heteroatoms. The molecule has 3 aromatic rings. The standard InChI is InChI=1S/C25H22FN3O4/c1-2-23(30)29-11-10-16(15-29)17-12-22(24(27)31)25(28-14-17)33-20-8-6-19(7-9-20)32-21-5-3-4-18(26)13-21/h2-9,12-14,16H,1,10-11,15H2,(H2,27,31). The summed E-state index contributed by atoms with van der Waals surface area (Å²) in [5.74, 6) is 0.248. The van der Waals surface area contributed by atoms with E-state index in [1.165, 1.54) is 18.2 Å². The van der Waals surface area contributed by atoms with Crippen molar-refractivity contribution in [1.82, 2.24) is 9.88 Å². The number of aromatic nitrogens is 1. The van der Waals surface area contributed by atoms with Gasteiger partial charge in [0.05, 0.1) is 0 Å². The highest BCUT2D eigenvalue weighted by Gasteiger charge is 2.27. The molecule has 0 aliphatic carbocycles. The van der Waals surface area contributed by atoms with Gasteiger partial charge in [0, 0.05) is 31.3 Å². The van der Waals surface area contributed by atoms with Crippen LogP contribution in [0, 0.1) is 5.82 Å². The highest BCUT2D eigenvalue weighted by molar-refractivity contribution is 5.95. The third-order valence-corrected chi connectivity index (χ3v) is 5.35. The Morgan fingerprint density at radius 3 is 2.48 bits per heavy atom. The monoisotopic (exact) mass is 447 g/mol.